The van der Waals surface area contributed by atoms with Gasteiger partial charge >= 0.3 is 0 Å². The molecule has 0 radical (unpaired) electrons. The second kappa shape index (κ2) is 4.63. The van der Waals surface area contributed by atoms with E-state index >= 15 is 0 Å². The molecule has 96 valence electrons. The molecule has 2 heterocycles. The van der Waals surface area contributed by atoms with Gasteiger partial charge in [-0.15, -0.1) is 0 Å². The van der Waals surface area contributed by atoms with Gasteiger partial charge in [0.2, 0.25) is 11.8 Å². The lowest BCUT2D eigenvalue weighted by molar-refractivity contribution is -0.125. The number of fused-ring (bicyclic) bond motifs is 1. The Labute approximate surface area is 114 Å². The Bertz CT molecular complexity index is 684. The average molecular weight is 275 g/mol. The molecule has 1 aromatic heterocycles. The molecule has 0 spiro atoms. The smallest absolute Gasteiger partial charge is 0.230 e. The van der Waals surface area contributed by atoms with Crippen molar-refractivity contribution in [3.05, 3.63) is 41.0 Å². The first-order valence-electron chi connectivity index (χ1n) is 6.01. The molecule has 1 aromatic carbocycles. The van der Waals surface area contributed by atoms with Crippen molar-refractivity contribution in [1.29, 1.82) is 0 Å². The highest BCUT2D eigenvalue weighted by Gasteiger charge is 2.30. The van der Waals surface area contributed by atoms with E-state index in [1.807, 2.05) is 18.2 Å². The van der Waals surface area contributed by atoms with Crippen molar-refractivity contribution in [3.63, 3.8) is 0 Å². The first-order chi connectivity index (χ1) is 9.15. The molecule has 1 saturated heterocycles. The normalized spacial score (nSPS) is 18.9. The molecule has 1 N–H and O–H groups in total. The first kappa shape index (κ1) is 12.1. The number of imide groups is 1. The molecule has 1 atom stereocenters. The van der Waals surface area contributed by atoms with Gasteiger partial charge in [0, 0.05) is 23.0 Å². The molecule has 0 bridgehead atoms. The number of halogens is 1. The van der Waals surface area contributed by atoms with Gasteiger partial charge in [-0.3, -0.25) is 19.9 Å². The van der Waals surface area contributed by atoms with Gasteiger partial charge in [-0.2, -0.15) is 0 Å². The quantitative estimate of drug-likeness (QED) is 0.853. The molecule has 0 saturated carbocycles. The van der Waals surface area contributed by atoms with Gasteiger partial charge in [-0.25, -0.2) is 0 Å². The number of benzene rings is 1. The lowest BCUT2D eigenvalue weighted by atomic mass is 9.96. The summed E-state index contributed by atoms with van der Waals surface area (Å²) in [7, 11) is 0. The van der Waals surface area contributed by atoms with Crippen LogP contribution in [0.5, 0.6) is 0 Å². The van der Waals surface area contributed by atoms with Crippen LogP contribution in [0.25, 0.3) is 10.9 Å². The number of nitrogens with zero attached hydrogens (tertiary/aromatic N) is 1. The van der Waals surface area contributed by atoms with Crippen molar-refractivity contribution in [2.75, 3.05) is 0 Å². The SMILES string of the molecule is O=C1CC(Cc2ccc(Cl)c3cccnc23)C(=O)N1. The van der Waals surface area contributed by atoms with Crippen molar-refractivity contribution in [3.8, 4) is 0 Å². The van der Waals surface area contributed by atoms with E-state index in [9.17, 15) is 9.59 Å². The highest BCUT2D eigenvalue weighted by Crippen LogP contribution is 2.27. The monoisotopic (exact) mass is 274 g/mol. The number of rotatable bonds is 2. The van der Waals surface area contributed by atoms with Crippen LogP contribution in [-0.2, 0) is 16.0 Å². The summed E-state index contributed by atoms with van der Waals surface area (Å²) in [6.45, 7) is 0. The second-order valence-electron chi connectivity index (χ2n) is 4.62. The molecule has 1 fully saturated rings. The highest BCUT2D eigenvalue weighted by molar-refractivity contribution is 6.35. The Hall–Kier alpha value is -1.94. The highest BCUT2D eigenvalue weighted by atomic mass is 35.5. The molecule has 0 aliphatic carbocycles. The number of pyridine rings is 1. The third kappa shape index (κ3) is 2.19. The maximum atomic E-state index is 11.6. The molecule has 4 nitrogen and oxygen atoms in total. The number of hydrogen-bond donors (Lipinski definition) is 1. The maximum absolute atomic E-state index is 11.6. The van der Waals surface area contributed by atoms with Crippen LogP contribution in [0.1, 0.15) is 12.0 Å². The Kier molecular flexibility index (Phi) is 2.95. The Morgan fingerprint density at radius 1 is 1.32 bits per heavy atom. The van der Waals surface area contributed by atoms with Crippen LogP contribution in [0.2, 0.25) is 5.02 Å². The van der Waals surface area contributed by atoms with Crippen molar-refractivity contribution in [2.24, 2.45) is 5.92 Å². The molecule has 3 rings (SSSR count). The van der Waals surface area contributed by atoms with Gasteiger partial charge in [-0.05, 0) is 30.2 Å². The van der Waals surface area contributed by atoms with E-state index < -0.39 is 0 Å². The zero-order valence-corrected chi connectivity index (χ0v) is 10.8. The fourth-order valence-electron chi connectivity index (χ4n) is 2.40. The minimum Gasteiger partial charge on any atom is -0.296 e. The van der Waals surface area contributed by atoms with Crippen LogP contribution in [0, 0.1) is 5.92 Å². The molecular formula is C14H11ClN2O2. The van der Waals surface area contributed by atoms with Gasteiger partial charge in [0.25, 0.3) is 0 Å². The van der Waals surface area contributed by atoms with Crippen molar-refractivity contribution >= 4 is 34.3 Å². The molecule has 1 aliphatic heterocycles. The Morgan fingerprint density at radius 2 is 2.16 bits per heavy atom. The topological polar surface area (TPSA) is 59.1 Å². The molecule has 5 heteroatoms. The average Bonchev–Trinajstić information content (AvgIpc) is 2.72. The third-order valence-electron chi connectivity index (χ3n) is 3.33. The third-order valence-corrected chi connectivity index (χ3v) is 3.66. The molecular weight excluding hydrogens is 264 g/mol. The predicted molar refractivity (Wildman–Crippen MR) is 71.7 cm³/mol. The number of carbonyl (C=O) groups is 2. The molecule has 1 unspecified atom stereocenters. The fourth-order valence-corrected chi connectivity index (χ4v) is 2.61. The summed E-state index contributed by atoms with van der Waals surface area (Å²) in [4.78, 5) is 27.1. The van der Waals surface area contributed by atoms with Crippen LogP contribution in [-0.4, -0.2) is 16.8 Å². The maximum Gasteiger partial charge on any atom is 0.230 e. The van der Waals surface area contributed by atoms with Crippen molar-refractivity contribution < 1.29 is 9.59 Å². The van der Waals surface area contributed by atoms with Crippen LogP contribution in [0.3, 0.4) is 0 Å². The predicted octanol–water partition coefficient (Wildman–Crippen LogP) is 2.09. The van der Waals surface area contributed by atoms with Gasteiger partial charge in [0.15, 0.2) is 0 Å². The largest absolute Gasteiger partial charge is 0.296 e. The summed E-state index contributed by atoms with van der Waals surface area (Å²) in [6.07, 6.45) is 2.44. The van der Waals surface area contributed by atoms with E-state index in [2.05, 4.69) is 10.3 Å². The minimum atomic E-state index is -0.307. The summed E-state index contributed by atoms with van der Waals surface area (Å²) >= 11 is 6.12. The zero-order chi connectivity index (χ0) is 13.4. The van der Waals surface area contributed by atoms with Crippen LogP contribution in [0.15, 0.2) is 30.5 Å². The summed E-state index contributed by atoms with van der Waals surface area (Å²) in [5.41, 5.74) is 1.73. The van der Waals surface area contributed by atoms with Gasteiger partial charge < -0.3 is 0 Å². The summed E-state index contributed by atoms with van der Waals surface area (Å²) in [6, 6.07) is 7.39. The fraction of sp³-hybridized carbons (Fsp3) is 0.214. The number of carbonyl (C=O) groups excluding carboxylic acids is 2. The first-order valence-corrected chi connectivity index (χ1v) is 6.39. The molecule has 1 aliphatic rings. The minimum absolute atomic E-state index is 0.205. The molecule has 2 amide bonds. The van der Waals surface area contributed by atoms with Crippen LogP contribution < -0.4 is 5.32 Å². The summed E-state index contributed by atoms with van der Waals surface area (Å²) in [5.74, 6) is -0.718. The number of aromatic nitrogens is 1. The number of amides is 2. The van der Waals surface area contributed by atoms with Crippen molar-refractivity contribution in [1.82, 2.24) is 10.3 Å². The van der Waals surface area contributed by atoms with Gasteiger partial charge in [0.1, 0.15) is 0 Å². The number of hydrogen-bond acceptors (Lipinski definition) is 3. The van der Waals surface area contributed by atoms with E-state index in [-0.39, 0.29) is 24.2 Å². The van der Waals surface area contributed by atoms with E-state index in [0.717, 1.165) is 16.5 Å². The molecule has 2 aromatic rings. The lowest BCUT2D eigenvalue weighted by Gasteiger charge is -2.09. The Morgan fingerprint density at radius 3 is 2.89 bits per heavy atom. The molecule has 19 heavy (non-hydrogen) atoms. The van der Waals surface area contributed by atoms with E-state index in [0.29, 0.717) is 11.4 Å². The summed E-state index contributed by atoms with van der Waals surface area (Å²) in [5, 5.41) is 3.83. The van der Waals surface area contributed by atoms with Crippen LogP contribution in [0.4, 0.5) is 0 Å². The lowest BCUT2D eigenvalue weighted by Crippen LogP contribution is -2.22. The number of nitrogens with one attached hydrogen (secondary N) is 1. The van der Waals surface area contributed by atoms with E-state index in [1.54, 1.807) is 12.3 Å². The summed E-state index contributed by atoms with van der Waals surface area (Å²) < 4.78 is 0. The van der Waals surface area contributed by atoms with Gasteiger partial charge in [0.05, 0.1) is 11.4 Å². The second-order valence-corrected chi connectivity index (χ2v) is 5.03. The van der Waals surface area contributed by atoms with Gasteiger partial charge in [-0.1, -0.05) is 17.7 Å². The van der Waals surface area contributed by atoms with Crippen molar-refractivity contribution in [2.45, 2.75) is 12.8 Å². The van der Waals surface area contributed by atoms with Crippen LogP contribution >= 0.6 is 11.6 Å². The van der Waals surface area contributed by atoms with E-state index in [1.165, 1.54) is 0 Å². The Balaban J connectivity index is 2.00. The van der Waals surface area contributed by atoms with E-state index in [4.69, 9.17) is 11.6 Å². The zero-order valence-electron chi connectivity index (χ0n) is 10.0. The standard InChI is InChI=1S/C14H11ClN2O2/c15-11-4-3-8(13-10(11)2-1-5-16-13)6-9-7-12(18)17-14(9)19/h1-5,9H,6-7H2,(H,17,18,19).